The highest BCUT2D eigenvalue weighted by molar-refractivity contribution is 5.36. The van der Waals surface area contributed by atoms with Crippen molar-refractivity contribution in [3.05, 3.63) is 17.5 Å². The van der Waals surface area contributed by atoms with Gasteiger partial charge >= 0.3 is 0 Å². The maximum atomic E-state index is 5.81. The van der Waals surface area contributed by atoms with E-state index in [1.165, 1.54) is 31.2 Å². The van der Waals surface area contributed by atoms with Gasteiger partial charge in [0.2, 0.25) is 5.95 Å². The van der Waals surface area contributed by atoms with E-state index in [4.69, 9.17) is 10.7 Å². The monoisotopic (exact) mass is 262 g/mol. The van der Waals surface area contributed by atoms with Crippen molar-refractivity contribution < 1.29 is 0 Å². The number of anilines is 1. The molecule has 4 nitrogen and oxygen atoms in total. The van der Waals surface area contributed by atoms with Gasteiger partial charge in [-0.3, -0.25) is 0 Å². The number of aryl methyl sites for hydroxylation is 2. The molecule has 1 fully saturated rings. The minimum absolute atomic E-state index is 0.422. The average molecular weight is 262 g/mol. The van der Waals surface area contributed by atoms with Gasteiger partial charge in [0.1, 0.15) is 0 Å². The summed E-state index contributed by atoms with van der Waals surface area (Å²) in [7, 11) is 0. The van der Waals surface area contributed by atoms with Crippen LogP contribution in [-0.4, -0.2) is 29.1 Å². The molecule has 0 radical (unpaired) electrons. The van der Waals surface area contributed by atoms with Crippen LogP contribution in [0.25, 0.3) is 0 Å². The Morgan fingerprint density at radius 1 is 1.42 bits per heavy atom. The van der Waals surface area contributed by atoms with Crippen LogP contribution >= 0.6 is 0 Å². The van der Waals surface area contributed by atoms with Crippen LogP contribution in [0.4, 0.5) is 5.95 Å². The Balaban J connectivity index is 2.05. The van der Waals surface area contributed by atoms with Crippen molar-refractivity contribution >= 4 is 5.95 Å². The van der Waals surface area contributed by atoms with Crippen molar-refractivity contribution in [2.24, 2.45) is 5.73 Å². The molecule has 0 amide bonds. The summed E-state index contributed by atoms with van der Waals surface area (Å²) in [6, 6.07) is 0.422. The summed E-state index contributed by atoms with van der Waals surface area (Å²) in [5.74, 6) is 0.865. The van der Waals surface area contributed by atoms with E-state index in [9.17, 15) is 0 Å². The van der Waals surface area contributed by atoms with E-state index in [-0.39, 0.29) is 0 Å². The molecule has 0 spiro atoms. The van der Waals surface area contributed by atoms with Crippen LogP contribution in [0, 0.1) is 6.92 Å². The van der Waals surface area contributed by atoms with E-state index >= 15 is 0 Å². The Labute approximate surface area is 116 Å². The second-order valence-electron chi connectivity index (χ2n) is 5.46. The third-order valence-electron chi connectivity index (χ3n) is 4.02. The summed E-state index contributed by atoms with van der Waals surface area (Å²) in [5, 5.41) is 0. The van der Waals surface area contributed by atoms with Crippen LogP contribution in [0.3, 0.4) is 0 Å². The van der Waals surface area contributed by atoms with E-state index < -0.39 is 0 Å². The van der Waals surface area contributed by atoms with Crippen molar-refractivity contribution in [2.45, 2.75) is 58.4 Å². The lowest BCUT2D eigenvalue weighted by atomic mass is 10.1. The minimum Gasteiger partial charge on any atom is -0.337 e. The fourth-order valence-corrected chi connectivity index (χ4v) is 2.77. The van der Waals surface area contributed by atoms with Crippen LogP contribution in [-0.2, 0) is 6.42 Å². The topological polar surface area (TPSA) is 55.0 Å². The molecule has 19 heavy (non-hydrogen) atoms. The molecule has 1 atom stereocenters. The van der Waals surface area contributed by atoms with Gasteiger partial charge in [-0.2, -0.15) is 0 Å². The number of unbranched alkanes of at least 4 members (excludes halogenated alkanes) is 2. The summed E-state index contributed by atoms with van der Waals surface area (Å²) in [5.41, 5.74) is 8.23. The Morgan fingerprint density at radius 3 is 2.95 bits per heavy atom. The van der Waals surface area contributed by atoms with Crippen molar-refractivity contribution in [3.8, 4) is 0 Å². The van der Waals surface area contributed by atoms with Crippen LogP contribution < -0.4 is 10.6 Å². The summed E-state index contributed by atoms with van der Waals surface area (Å²) >= 11 is 0. The number of hydrogen-bond acceptors (Lipinski definition) is 4. The molecule has 106 valence electrons. The van der Waals surface area contributed by atoms with E-state index in [0.717, 1.165) is 31.0 Å². The summed E-state index contributed by atoms with van der Waals surface area (Å²) < 4.78 is 0. The molecule has 0 aromatic carbocycles. The number of nitrogens with two attached hydrogens (primary N) is 1. The molecule has 1 saturated heterocycles. The third kappa shape index (κ3) is 3.44. The summed E-state index contributed by atoms with van der Waals surface area (Å²) in [6.45, 7) is 6.06. The minimum atomic E-state index is 0.422. The zero-order valence-electron chi connectivity index (χ0n) is 12.2. The fraction of sp³-hybridized carbons (Fsp3) is 0.733. The molecule has 1 aromatic heterocycles. The zero-order chi connectivity index (χ0) is 13.7. The highest BCUT2D eigenvalue weighted by atomic mass is 15.3. The van der Waals surface area contributed by atoms with Crippen molar-refractivity contribution in [2.75, 3.05) is 18.0 Å². The molecule has 0 bridgehead atoms. The molecular formula is C15H26N4. The SMILES string of the molecule is CCCCCc1cnc(N2CCCC2CN)nc1C. The van der Waals surface area contributed by atoms with Crippen LogP contribution in [0.5, 0.6) is 0 Å². The van der Waals surface area contributed by atoms with Gasteiger partial charge in [-0.25, -0.2) is 9.97 Å². The third-order valence-corrected chi connectivity index (χ3v) is 4.02. The predicted molar refractivity (Wildman–Crippen MR) is 79.4 cm³/mol. The maximum Gasteiger partial charge on any atom is 0.225 e. The number of nitrogens with zero attached hydrogens (tertiary/aromatic N) is 3. The van der Waals surface area contributed by atoms with E-state index in [0.29, 0.717) is 12.6 Å². The Morgan fingerprint density at radius 2 is 2.26 bits per heavy atom. The Hall–Kier alpha value is -1.16. The largest absolute Gasteiger partial charge is 0.337 e. The van der Waals surface area contributed by atoms with Crippen molar-refractivity contribution in [1.82, 2.24) is 9.97 Å². The Kier molecular flexibility index (Phi) is 5.14. The quantitative estimate of drug-likeness (QED) is 0.800. The predicted octanol–water partition coefficient (Wildman–Crippen LogP) is 2.45. The molecule has 0 saturated carbocycles. The van der Waals surface area contributed by atoms with Crippen molar-refractivity contribution in [1.29, 1.82) is 0 Å². The molecule has 1 aliphatic rings. The first kappa shape index (κ1) is 14.3. The second kappa shape index (κ2) is 6.85. The Bertz CT molecular complexity index is 405. The van der Waals surface area contributed by atoms with Crippen LogP contribution in [0.15, 0.2) is 6.20 Å². The van der Waals surface area contributed by atoms with Crippen LogP contribution in [0.1, 0.15) is 50.3 Å². The zero-order valence-corrected chi connectivity index (χ0v) is 12.2. The van der Waals surface area contributed by atoms with Crippen LogP contribution in [0.2, 0.25) is 0 Å². The maximum absolute atomic E-state index is 5.81. The standard InChI is InChI=1S/C15H26N4/c1-3-4-5-7-13-11-17-15(18-12(13)2)19-9-6-8-14(19)10-16/h11,14H,3-10,16H2,1-2H3. The van der Waals surface area contributed by atoms with Gasteiger partial charge in [-0.15, -0.1) is 0 Å². The second-order valence-corrected chi connectivity index (χ2v) is 5.46. The lowest BCUT2D eigenvalue weighted by molar-refractivity contribution is 0.660. The highest BCUT2D eigenvalue weighted by Gasteiger charge is 2.25. The van der Waals surface area contributed by atoms with E-state index in [1.807, 2.05) is 6.20 Å². The molecule has 2 N–H and O–H groups in total. The molecule has 4 heteroatoms. The molecule has 1 unspecified atom stereocenters. The summed E-state index contributed by atoms with van der Waals surface area (Å²) in [6.07, 6.45) is 9.24. The van der Waals surface area contributed by atoms with Crippen molar-refractivity contribution in [3.63, 3.8) is 0 Å². The lowest BCUT2D eigenvalue weighted by Crippen LogP contribution is -2.36. The first-order valence-corrected chi connectivity index (χ1v) is 7.55. The molecular weight excluding hydrogens is 236 g/mol. The van der Waals surface area contributed by atoms with Gasteiger partial charge in [-0.1, -0.05) is 19.8 Å². The molecule has 2 rings (SSSR count). The molecule has 1 aliphatic heterocycles. The van der Waals surface area contributed by atoms with Gasteiger partial charge in [0, 0.05) is 31.0 Å². The van der Waals surface area contributed by atoms with E-state index in [1.54, 1.807) is 0 Å². The first-order chi connectivity index (χ1) is 9.26. The average Bonchev–Trinajstić information content (AvgIpc) is 2.89. The lowest BCUT2D eigenvalue weighted by Gasteiger charge is -2.23. The molecule has 0 aliphatic carbocycles. The number of aromatic nitrogens is 2. The normalized spacial score (nSPS) is 19.1. The van der Waals surface area contributed by atoms with Gasteiger partial charge in [0.05, 0.1) is 0 Å². The highest BCUT2D eigenvalue weighted by Crippen LogP contribution is 2.22. The van der Waals surface area contributed by atoms with Gasteiger partial charge in [-0.05, 0) is 38.2 Å². The van der Waals surface area contributed by atoms with Gasteiger partial charge in [0.15, 0.2) is 0 Å². The number of rotatable bonds is 6. The fourth-order valence-electron chi connectivity index (χ4n) is 2.77. The van der Waals surface area contributed by atoms with E-state index in [2.05, 4.69) is 23.7 Å². The van der Waals surface area contributed by atoms with Gasteiger partial charge < -0.3 is 10.6 Å². The molecule has 2 heterocycles. The summed E-state index contributed by atoms with van der Waals surface area (Å²) in [4.78, 5) is 11.5. The van der Waals surface area contributed by atoms with Gasteiger partial charge in [0.25, 0.3) is 0 Å². The molecule has 1 aromatic rings. The number of hydrogen-bond donors (Lipinski definition) is 1. The smallest absolute Gasteiger partial charge is 0.225 e. The first-order valence-electron chi connectivity index (χ1n) is 7.55.